The van der Waals surface area contributed by atoms with E-state index in [-0.39, 0.29) is 24.0 Å². The Kier molecular flexibility index (Phi) is 7.72. The van der Waals surface area contributed by atoms with Crippen LogP contribution in [0.5, 0.6) is 11.5 Å². The number of hydrogen-bond acceptors (Lipinski definition) is 5. The zero-order chi connectivity index (χ0) is 22.2. The Morgan fingerprint density at radius 2 is 1.61 bits per heavy atom. The number of rotatable bonds is 9. The van der Waals surface area contributed by atoms with Crippen LogP contribution < -0.4 is 20.1 Å². The first-order valence-corrected chi connectivity index (χ1v) is 10.6. The molecule has 2 aromatic carbocycles. The third-order valence-corrected chi connectivity index (χ3v) is 4.95. The number of carbonyl (C=O) groups excluding carboxylic acids is 2. The van der Waals surface area contributed by atoms with E-state index in [9.17, 15) is 9.59 Å². The summed E-state index contributed by atoms with van der Waals surface area (Å²) in [6, 6.07) is 13.7. The van der Waals surface area contributed by atoms with Crippen LogP contribution in [0.25, 0.3) is 0 Å². The fourth-order valence-electron chi connectivity index (χ4n) is 2.90. The van der Waals surface area contributed by atoms with E-state index in [2.05, 4.69) is 26.6 Å². The lowest BCUT2D eigenvalue weighted by Crippen LogP contribution is -2.16. The molecule has 3 rings (SSSR count). The summed E-state index contributed by atoms with van der Waals surface area (Å²) in [6.07, 6.45) is 1.57. The monoisotopic (exact) mass is 486 g/mol. The average Bonchev–Trinajstić information content (AvgIpc) is 3.27. The van der Waals surface area contributed by atoms with Gasteiger partial charge in [0.25, 0.3) is 5.91 Å². The fraction of sp³-hybridized carbons (Fsp3) is 0.217. The second-order valence-electron chi connectivity index (χ2n) is 6.49. The number of halogens is 1. The SMILES string of the molecule is CCOc1cc(Br)c(CC(=O)Nc2cccc(NC(=O)c3ccco3)c2)cc1OCC. The van der Waals surface area contributed by atoms with Gasteiger partial charge in [0, 0.05) is 15.8 Å². The highest BCUT2D eigenvalue weighted by molar-refractivity contribution is 9.10. The lowest BCUT2D eigenvalue weighted by molar-refractivity contribution is -0.115. The normalized spacial score (nSPS) is 10.4. The van der Waals surface area contributed by atoms with E-state index in [0.717, 1.165) is 10.0 Å². The number of hydrogen-bond donors (Lipinski definition) is 2. The Morgan fingerprint density at radius 3 is 2.26 bits per heavy atom. The Balaban J connectivity index is 1.68. The molecular formula is C23H23BrN2O5. The lowest BCUT2D eigenvalue weighted by Gasteiger charge is -2.14. The molecular weight excluding hydrogens is 464 g/mol. The fourth-order valence-corrected chi connectivity index (χ4v) is 3.37. The number of benzene rings is 2. The third kappa shape index (κ3) is 6.11. The Hall–Kier alpha value is -3.26. The number of amides is 2. The molecule has 1 aromatic heterocycles. The first-order valence-electron chi connectivity index (χ1n) is 9.83. The predicted molar refractivity (Wildman–Crippen MR) is 122 cm³/mol. The summed E-state index contributed by atoms with van der Waals surface area (Å²) in [6.45, 7) is 4.79. The maximum atomic E-state index is 12.6. The van der Waals surface area contributed by atoms with Gasteiger partial charge in [-0.05, 0) is 61.9 Å². The molecule has 2 N–H and O–H groups in total. The first-order chi connectivity index (χ1) is 15.0. The molecule has 0 saturated heterocycles. The van der Waals surface area contributed by atoms with Crippen LogP contribution in [-0.4, -0.2) is 25.0 Å². The number of ether oxygens (including phenoxy) is 2. The molecule has 162 valence electrons. The van der Waals surface area contributed by atoms with Gasteiger partial charge < -0.3 is 24.5 Å². The molecule has 1 heterocycles. The largest absolute Gasteiger partial charge is 0.490 e. The van der Waals surface area contributed by atoms with Crippen molar-refractivity contribution >= 4 is 39.1 Å². The third-order valence-electron chi connectivity index (χ3n) is 4.21. The summed E-state index contributed by atoms with van der Waals surface area (Å²) in [5, 5.41) is 5.59. The number of nitrogens with one attached hydrogen (secondary N) is 2. The van der Waals surface area contributed by atoms with Crippen molar-refractivity contribution in [2.24, 2.45) is 0 Å². The van der Waals surface area contributed by atoms with Crippen molar-refractivity contribution in [3.63, 3.8) is 0 Å². The van der Waals surface area contributed by atoms with Gasteiger partial charge >= 0.3 is 0 Å². The van der Waals surface area contributed by atoms with E-state index in [4.69, 9.17) is 13.9 Å². The van der Waals surface area contributed by atoms with Gasteiger partial charge in [0.1, 0.15) is 0 Å². The summed E-state index contributed by atoms with van der Waals surface area (Å²) in [4.78, 5) is 24.8. The highest BCUT2D eigenvalue weighted by Gasteiger charge is 2.14. The maximum Gasteiger partial charge on any atom is 0.291 e. The zero-order valence-electron chi connectivity index (χ0n) is 17.2. The lowest BCUT2D eigenvalue weighted by atomic mass is 10.1. The van der Waals surface area contributed by atoms with Crippen LogP contribution in [-0.2, 0) is 11.2 Å². The van der Waals surface area contributed by atoms with Crippen LogP contribution in [0, 0.1) is 0 Å². The quantitative estimate of drug-likeness (QED) is 0.429. The molecule has 0 atom stereocenters. The first kappa shape index (κ1) is 22.4. The van der Waals surface area contributed by atoms with Crippen molar-refractivity contribution in [2.45, 2.75) is 20.3 Å². The van der Waals surface area contributed by atoms with Gasteiger partial charge in [-0.25, -0.2) is 0 Å². The van der Waals surface area contributed by atoms with Crippen LogP contribution >= 0.6 is 15.9 Å². The van der Waals surface area contributed by atoms with Gasteiger partial charge in [0.05, 0.1) is 25.9 Å². The minimum Gasteiger partial charge on any atom is -0.490 e. The molecule has 31 heavy (non-hydrogen) atoms. The maximum absolute atomic E-state index is 12.6. The molecule has 0 spiro atoms. The summed E-state index contributed by atoms with van der Waals surface area (Å²) in [5.74, 6) is 0.857. The smallest absolute Gasteiger partial charge is 0.291 e. The molecule has 0 unspecified atom stereocenters. The van der Waals surface area contributed by atoms with Gasteiger partial charge in [-0.3, -0.25) is 9.59 Å². The second kappa shape index (κ2) is 10.7. The van der Waals surface area contributed by atoms with Gasteiger partial charge in [0.15, 0.2) is 17.3 Å². The van der Waals surface area contributed by atoms with Crippen LogP contribution in [0.15, 0.2) is 63.7 Å². The Morgan fingerprint density at radius 1 is 0.935 bits per heavy atom. The van der Waals surface area contributed by atoms with Gasteiger partial charge in [-0.1, -0.05) is 22.0 Å². The molecule has 0 fully saturated rings. The van der Waals surface area contributed by atoms with Crippen LogP contribution in [0.3, 0.4) is 0 Å². The van der Waals surface area contributed by atoms with E-state index in [0.29, 0.717) is 36.1 Å². The van der Waals surface area contributed by atoms with E-state index in [1.807, 2.05) is 19.9 Å². The van der Waals surface area contributed by atoms with Crippen LogP contribution in [0.4, 0.5) is 11.4 Å². The number of furan rings is 1. The van der Waals surface area contributed by atoms with Crippen molar-refractivity contribution in [3.05, 3.63) is 70.6 Å². The summed E-state index contributed by atoms with van der Waals surface area (Å²) in [7, 11) is 0. The van der Waals surface area contributed by atoms with Gasteiger partial charge in [-0.15, -0.1) is 0 Å². The van der Waals surface area contributed by atoms with Crippen molar-refractivity contribution in [1.82, 2.24) is 0 Å². The summed E-state index contributed by atoms with van der Waals surface area (Å²) < 4.78 is 17.1. The van der Waals surface area contributed by atoms with Crippen LogP contribution in [0.1, 0.15) is 30.0 Å². The minimum absolute atomic E-state index is 0.135. The van der Waals surface area contributed by atoms with Crippen molar-refractivity contribution in [3.8, 4) is 11.5 Å². The zero-order valence-corrected chi connectivity index (χ0v) is 18.8. The standard InChI is InChI=1S/C23H23BrN2O5/c1-3-29-20-11-15(18(24)14-21(20)30-4-2)12-22(27)25-16-7-5-8-17(13-16)26-23(28)19-9-6-10-31-19/h5-11,13-14H,3-4,12H2,1-2H3,(H,25,27)(H,26,28). The molecule has 3 aromatic rings. The van der Waals surface area contributed by atoms with Crippen molar-refractivity contribution in [1.29, 1.82) is 0 Å². The minimum atomic E-state index is -0.366. The second-order valence-corrected chi connectivity index (χ2v) is 7.35. The molecule has 0 bridgehead atoms. The topological polar surface area (TPSA) is 89.8 Å². The highest BCUT2D eigenvalue weighted by Crippen LogP contribution is 2.34. The van der Waals surface area contributed by atoms with E-state index in [1.54, 1.807) is 42.5 Å². The predicted octanol–water partition coefficient (Wildman–Crippen LogP) is 5.27. The molecule has 0 saturated carbocycles. The molecule has 2 amide bonds. The summed E-state index contributed by atoms with van der Waals surface area (Å²) >= 11 is 3.50. The number of carbonyl (C=O) groups is 2. The van der Waals surface area contributed by atoms with Crippen molar-refractivity contribution in [2.75, 3.05) is 23.8 Å². The number of anilines is 2. The molecule has 7 nitrogen and oxygen atoms in total. The summed E-state index contributed by atoms with van der Waals surface area (Å²) in [5.41, 5.74) is 1.88. The highest BCUT2D eigenvalue weighted by atomic mass is 79.9. The average molecular weight is 487 g/mol. The Labute approximate surface area is 188 Å². The Bertz CT molecular complexity index is 1050. The van der Waals surface area contributed by atoms with E-state index >= 15 is 0 Å². The van der Waals surface area contributed by atoms with Crippen molar-refractivity contribution < 1.29 is 23.5 Å². The van der Waals surface area contributed by atoms with E-state index in [1.165, 1.54) is 6.26 Å². The molecule has 8 heteroatoms. The van der Waals surface area contributed by atoms with E-state index < -0.39 is 0 Å². The molecule has 0 aliphatic rings. The van der Waals surface area contributed by atoms with Gasteiger partial charge in [0.2, 0.25) is 5.91 Å². The molecule has 0 aliphatic heterocycles. The van der Waals surface area contributed by atoms with Crippen LogP contribution in [0.2, 0.25) is 0 Å². The molecule has 0 aliphatic carbocycles. The molecule has 0 radical (unpaired) electrons. The van der Waals surface area contributed by atoms with Gasteiger partial charge in [-0.2, -0.15) is 0 Å².